The van der Waals surface area contributed by atoms with E-state index in [1.807, 2.05) is 51.1 Å². The molecule has 1 aromatic rings. The van der Waals surface area contributed by atoms with Crippen LogP contribution in [0.15, 0.2) is 27.7 Å². The molecule has 1 amide bonds. The second-order valence-electron chi connectivity index (χ2n) is 4.65. The molecule has 0 heterocycles. The van der Waals surface area contributed by atoms with Crippen molar-refractivity contribution in [1.29, 1.82) is 0 Å². The molecule has 0 aromatic heterocycles. The number of rotatable bonds is 2. The van der Waals surface area contributed by atoms with Crippen LogP contribution in [0.4, 0.5) is 10.5 Å². The van der Waals surface area contributed by atoms with Gasteiger partial charge in [-0.05, 0) is 70.3 Å². The predicted octanol–water partition coefficient (Wildman–Crippen LogP) is 5.12. The van der Waals surface area contributed by atoms with Gasteiger partial charge in [0.15, 0.2) is 0 Å². The molecule has 0 fully saturated rings. The molecule has 0 atom stereocenters. The molecule has 0 unspecified atom stereocenters. The number of anilines is 1. The Hall–Kier alpha value is -0.810. The third-order valence-electron chi connectivity index (χ3n) is 1.86. The summed E-state index contributed by atoms with van der Waals surface area (Å²) in [5, 5.41) is 2.73. The molecule has 0 radical (unpaired) electrons. The van der Waals surface area contributed by atoms with Crippen LogP contribution < -0.4 is 5.32 Å². The van der Waals surface area contributed by atoms with Crippen molar-refractivity contribution in [2.24, 2.45) is 0 Å². The maximum atomic E-state index is 11.7. The third-order valence-corrected chi connectivity index (χ3v) is 2.32. The number of hydrogen-bond acceptors (Lipinski definition) is 2. The van der Waals surface area contributed by atoms with Gasteiger partial charge < -0.3 is 4.74 Å². The quantitative estimate of drug-likeness (QED) is 0.777. The Morgan fingerprint density at radius 3 is 2.44 bits per heavy atom. The van der Waals surface area contributed by atoms with E-state index in [0.29, 0.717) is 5.69 Å². The lowest BCUT2D eigenvalue weighted by Crippen LogP contribution is -2.27. The normalized spacial score (nSPS) is 10.7. The Kier molecular flexibility index (Phi) is 5.41. The third kappa shape index (κ3) is 5.69. The number of benzene rings is 1. The second kappa shape index (κ2) is 6.38. The molecule has 5 heteroatoms. The standard InChI is InChI=1S/C13H15Br2NO2/c1-13(2,3)18-12(17)16-10-7-5-4-6-9(10)8-11(14)15/h4-8H,1-3H3,(H,16,17). The zero-order valence-corrected chi connectivity index (χ0v) is 13.6. The highest BCUT2D eigenvalue weighted by molar-refractivity contribution is 9.28. The number of carbonyl (C=O) groups is 1. The first kappa shape index (κ1) is 15.2. The van der Waals surface area contributed by atoms with E-state index in [4.69, 9.17) is 4.74 Å². The zero-order chi connectivity index (χ0) is 13.8. The van der Waals surface area contributed by atoms with Crippen LogP contribution in [0, 0.1) is 0 Å². The summed E-state index contributed by atoms with van der Waals surface area (Å²) in [7, 11) is 0. The first-order valence-corrected chi connectivity index (χ1v) is 6.98. The van der Waals surface area contributed by atoms with Gasteiger partial charge in [0.05, 0.1) is 9.08 Å². The molecule has 1 N–H and O–H groups in total. The first-order valence-electron chi connectivity index (χ1n) is 5.40. The van der Waals surface area contributed by atoms with Crippen LogP contribution in [-0.4, -0.2) is 11.7 Å². The van der Waals surface area contributed by atoms with Crippen LogP contribution in [-0.2, 0) is 4.74 Å². The van der Waals surface area contributed by atoms with Gasteiger partial charge in [-0.15, -0.1) is 0 Å². The number of ether oxygens (including phenoxy) is 1. The van der Waals surface area contributed by atoms with Crippen molar-refractivity contribution in [2.75, 3.05) is 5.32 Å². The van der Waals surface area contributed by atoms with Crippen molar-refractivity contribution in [3.8, 4) is 0 Å². The maximum absolute atomic E-state index is 11.7. The number of carbonyl (C=O) groups excluding carboxylic acids is 1. The number of nitrogens with one attached hydrogen (secondary N) is 1. The average molecular weight is 377 g/mol. The van der Waals surface area contributed by atoms with Crippen molar-refractivity contribution < 1.29 is 9.53 Å². The first-order chi connectivity index (χ1) is 8.28. The van der Waals surface area contributed by atoms with Crippen molar-refractivity contribution in [2.45, 2.75) is 26.4 Å². The summed E-state index contributed by atoms with van der Waals surface area (Å²) in [6.07, 6.45) is 1.39. The molecular formula is C13H15Br2NO2. The highest BCUT2D eigenvalue weighted by atomic mass is 79.9. The van der Waals surface area contributed by atoms with Gasteiger partial charge in [0, 0.05) is 0 Å². The molecule has 0 bridgehead atoms. The van der Waals surface area contributed by atoms with Crippen molar-refractivity contribution in [3.63, 3.8) is 0 Å². The Bertz CT molecular complexity index is 460. The van der Waals surface area contributed by atoms with E-state index < -0.39 is 11.7 Å². The van der Waals surface area contributed by atoms with Crippen LogP contribution in [0.5, 0.6) is 0 Å². The van der Waals surface area contributed by atoms with Gasteiger partial charge in [-0.1, -0.05) is 18.2 Å². The minimum atomic E-state index is -0.509. The molecule has 1 rings (SSSR count). The van der Waals surface area contributed by atoms with Crippen molar-refractivity contribution in [1.82, 2.24) is 0 Å². The molecular weight excluding hydrogens is 362 g/mol. The lowest BCUT2D eigenvalue weighted by atomic mass is 10.2. The molecule has 3 nitrogen and oxygen atoms in total. The fraction of sp³-hybridized carbons (Fsp3) is 0.308. The average Bonchev–Trinajstić information content (AvgIpc) is 2.17. The number of hydrogen-bond donors (Lipinski definition) is 1. The van der Waals surface area contributed by atoms with Gasteiger partial charge in [-0.25, -0.2) is 4.79 Å². The topological polar surface area (TPSA) is 38.3 Å². The summed E-state index contributed by atoms with van der Waals surface area (Å²) in [4.78, 5) is 11.7. The van der Waals surface area contributed by atoms with E-state index in [2.05, 4.69) is 37.2 Å². The Morgan fingerprint density at radius 2 is 1.89 bits per heavy atom. The maximum Gasteiger partial charge on any atom is 0.412 e. The van der Waals surface area contributed by atoms with Gasteiger partial charge in [0.25, 0.3) is 0 Å². The summed E-state index contributed by atoms with van der Waals surface area (Å²) in [5.74, 6) is 0. The van der Waals surface area contributed by atoms with E-state index in [0.717, 1.165) is 8.96 Å². The van der Waals surface area contributed by atoms with Gasteiger partial charge in [0.2, 0.25) is 0 Å². The fourth-order valence-electron chi connectivity index (χ4n) is 1.27. The minimum absolute atomic E-state index is 0.464. The van der Waals surface area contributed by atoms with E-state index in [1.54, 1.807) is 0 Å². The zero-order valence-electron chi connectivity index (χ0n) is 10.5. The molecule has 0 spiro atoms. The molecule has 0 saturated carbocycles. The number of amides is 1. The highest BCUT2D eigenvalue weighted by Gasteiger charge is 2.16. The summed E-state index contributed by atoms with van der Waals surface area (Å²) >= 11 is 6.59. The summed E-state index contributed by atoms with van der Waals surface area (Å²) in [5.41, 5.74) is 1.07. The van der Waals surface area contributed by atoms with Gasteiger partial charge in [-0.2, -0.15) is 0 Å². The van der Waals surface area contributed by atoms with Crippen LogP contribution in [0.3, 0.4) is 0 Å². The van der Waals surface area contributed by atoms with E-state index in [1.165, 1.54) is 0 Å². The molecule has 0 aliphatic heterocycles. The fourth-order valence-corrected chi connectivity index (χ4v) is 1.76. The smallest absolute Gasteiger partial charge is 0.412 e. The van der Waals surface area contributed by atoms with Crippen molar-refractivity contribution in [3.05, 3.63) is 33.2 Å². The Balaban J connectivity index is 2.85. The number of para-hydroxylation sites is 1. The molecule has 0 aliphatic carbocycles. The number of halogens is 2. The largest absolute Gasteiger partial charge is 0.444 e. The lowest BCUT2D eigenvalue weighted by molar-refractivity contribution is 0.0636. The van der Waals surface area contributed by atoms with Gasteiger partial charge in [-0.3, -0.25) is 5.32 Å². The molecule has 98 valence electrons. The second-order valence-corrected chi connectivity index (χ2v) is 7.42. The van der Waals surface area contributed by atoms with Gasteiger partial charge >= 0.3 is 6.09 Å². The lowest BCUT2D eigenvalue weighted by Gasteiger charge is -2.20. The van der Waals surface area contributed by atoms with Crippen LogP contribution >= 0.6 is 31.9 Å². The van der Waals surface area contributed by atoms with E-state index in [9.17, 15) is 4.79 Å². The monoisotopic (exact) mass is 375 g/mol. The van der Waals surface area contributed by atoms with Crippen LogP contribution in [0.1, 0.15) is 26.3 Å². The van der Waals surface area contributed by atoms with Crippen molar-refractivity contribution >= 4 is 49.7 Å². The summed E-state index contributed by atoms with van der Waals surface area (Å²) < 4.78 is 6.01. The Labute approximate surface area is 124 Å². The summed E-state index contributed by atoms with van der Waals surface area (Å²) in [6.45, 7) is 5.48. The molecule has 0 saturated heterocycles. The predicted molar refractivity (Wildman–Crippen MR) is 82.1 cm³/mol. The van der Waals surface area contributed by atoms with E-state index >= 15 is 0 Å². The van der Waals surface area contributed by atoms with E-state index in [-0.39, 0.29) is 0 Å². The molecule has 18 heavy (non-hydrogen) atoms. The summed E-state index contributed by atoms with van der Waals surface area (Å²) in [6, 6.07) is 7.47. The minimum Gasteiger partial charge on any atom is -0.444 e. The Morgan fingerprint density at radius 1 is 1.28 bits per heavy atom. The van der Waals surface area contributed by atoms with Gasteiger partial charge in [0.1, 0.15) is 5.60 Å². The highest BCUT2D eigenvalue weighted by Crippen LogP contribution is 2.24. The molecule has 1 aromatic carbocycles. The van der Waals surface area contributed by atoms with Crippen LogP contribution in [0.2, 0.25) is 0 Å². The SMILES string of the molecule is CC(C)(C)OC(=O)Nc1ccccc1C=C(Br)Br. The van der Waals surface area contributed by atoms with Crippen LogP contribution in [0.25, 0.3) is 6.08 Å². The molecule has 0 aliphatic rings.